The first-order valence-electron chi connectivity index (χ1n) is 11.6. The predicted octanol–water partition coefficient (Wildman–Crippen LogP) is 9.36. The molecule has 0 unspecified atom stereocenters. The first-order valence-corrected chi connectivity index (χ1v) is 11.6. The highest BCUT2D eigenvalue weighted by atomic mass is 15.1. The summed E-state index contributed by atoms with van der Waals surface area (Å²) in [6.07, 6.45) is 19.2. The van der Waals surface area contributed by atoms with E-state index in [1.54, 1.807) is 0 Å². The third-order valence-corrected chi connectivity index (χ3v) is 5.67. The van der Waals surface area contributed by atoms with E-state index in [1.807, 2.05) is 19.1 Å². The summed E-state index contributed by atoms with van der Waals surface area (Å²) in [6.45, 7) is 23.5. The Balaban J connectivity index is 3.42. The number of rotatable bonds is 11. The molecule has 0 aliphatic rings. The second-order valence-corrected chi connectivity index (χ2v) is 8.03. The van der Waals surface area contributed by atoms with Crippen LogP contribution in [-0.2, 0) is 0 Å². The van der Waals surface area contributed by atoms with Gasteiger partial charge in [0.25, 0.3) is 0 Å². The molecule has 0 heterocycles. The SMILES string of the molecule is C=C/C(=C\C)N(C/C=C\C(=C/C)c1ccccc1)C(/C=C\C)=C(C)\C(C)=C\C=C(/C)C(=C)C. The van der Waals surface area contributed by atoms with Gasteiger partial charge in [-0.25, -0.2) is 0 Å². The van der Waals surface area contributed by atoms with Crippen molar-refractivity contribution in [1.29, 1.82) is 0 Å². The molecular weight excluding hydrogens is 398 g/mol. The van der Waals surface area contributed by atoms with Crippen LogP contribution in [0.4, 0.5) is 0 Å². The molecule has 0 aromatic heterocycles. The van der Waals surface area contributed by atoms with Crippen molar-refractivity contribution in [1.82, 2.24) is 4.90 Å². The van der Waals surface area contributed by atoms with Crippen LogP contribution in [-0.4, -0.2) is 11.4 Å². The number of nitrogens with zero attached hydrogens (tertiary/aromatic N) is 1. The van der Waals surface area contributed by atoms with E-state index in [-0.39, 0.29) is 0 Å². The largest absolute Gasteiger partial charge is 0.338 e. The Hall–Kier alpha value is -3.32. The smallest absolute Gasteiger partial charge is 0.0442 e. The number of allylic oxidation sites excluding steroid dienone is 13. The van der Waals surface area contributed by atoms with Crippen LogP contribution in [0.1, 0.15) is 54.0 Å². The van der Waals surface area contributed by atoms with Gasteiger partial charge in [-0.15, -0.1) is 0 Å². The molecule has 0 saturated heterocycles. The zero-order valence-corrected chi connectivity index (χ0v) is 21.7. The molecule has 33 heavy (non-hydrogen) atoms. The lowest BCUT2D eigenvalue weighted by Gasteiger charge is -2.28. The Bertz CT molecular complexity index is 1020. The number of benzene rings is 1. The van der Waals surface area contributed by atoms with Crippen LogP contribution in [0.2, 0.25) is 0 Å². The normalized spacial score (nSPS) is 14.6. The lowest BCUT2D eigenvalue weighted by molar-refractivity contribution is 0.497. The summed E-state index contributed by atoms with van der Waals surface area (Å²) in [5.74, 6) is 0. The van der Waals surface area contributed by atoms with Crippen molar-refractivity contribution in [2.24, 2.45) is 0 Å². The first kappa shape index (κ1) is 27.7. The fourth-order valence-corrected chi connectivity index (χ4v) is 3.30. The fraction of sp³-hybridized carbons (Fsp3) is 0.250. The molecule has 0 radical (unpaired) electrons. The minimum atomic E-state index is 0.737. The maximum atomic E-state index is 4.06. The minimum Gasteiger partial charge on any atom is -0.338 e. The molecule has 1 heteroatoms. The van der Waals surface area contributed by atoms with E-state index in [0.29, 0.717) is 0 Å². The van der Waals surface area contributed by atoms with E-state index in [4.69, 9.17) is 0 Å². The van der Waals surface area contributed by atoms with Crippen molar-refractivity contribution in [3.05, 3.63) is 137 Å². The van der Waals surface area contributed by atoms with Crippen LogP contribution in [0.15, 0.2) is 132 Å². The summed E-state index contributed by atoms with van der Waals surface area (Å²) in [5, 5.41) is 0. The molecule has 0 aliphatic heterocycles. The third kappa shape index (κ3) is 8.61. The summed E-state index contributed by atoms with van der Waals surface area (Å²) >= 11 is 0. The van der Waals surface area contributed by atoms with Gasteiger partial charge in [0.1, 0.15) is 0 Å². The first-order chi connectivity index (χ1) is 15.8. The summed E-state index contributed by atoms with van der Waals surface area (Å²) < 4.78 is 0. The summed E-state index contributed by atoms with van der Waals surface area (Å²) in [6, 6.07) is 10.5. The molecule has 0 N–H and O–H groups in total. The van der Waals surface area contributed by atoms with Gasteiger partial charge in [0, 0.05) is 17.9 Å². The quantitative estimate of drug-likeness (QED) is 0.310. The molecule has 1 nitrogen and oxygen atoms in total. The molecule has 1 aromatic rings. The predicted molar refractivity (Wildman–Crippen MR) is 150 cm³/mol. The van der Waals surface area contributed by atoms with Gasteiger partial charge in [0.15, 0.2) is 0 Å². The average Bonchev–Trinajstić information content (AvgIpc) is 2.83. The van der Waals surface area contributed by atoms with Gasteiger partial charge in [-0.2, -0.15) is 0 Å². The topological polar surface area (TPSA) is 3.24 Å². The second-order valence-electron chi connectivity index (χ2n) is 8.03. The van der Waals surface area contributed by atoms with Gasteiger partial charge in [0.2, 0.25) is 0 Å². The molecule has 0 fully saturated rings. The van der Waals surface area contributed by atoms with E-state index in [9.17, 15) is 0 Å². The maximum Gasteiger partial charge on any atom is 0.0442 e. The Kier molecular flexibility index (Phi) is 12.3. The Morgan fingerprint density at radius 3 is 2.03 bits per heavy atom. The molecule has 0 aliphatic carbocycles. The zero-order chi connectivity index (χ0) is 24.8. The van der Waals surface area contributed by atoms with Crippen molar-refractivity contribution >= 4 is 5.57 Å². The standard InChI is InChI=1S/C32H41N/c1-10-18-32(28(9)27(8)23-22-26(7)25(5)6)33(31(12-3)13-4)24-17-21-29(11-2)30-19-15-14-16-20-30/h10-23H,3,5,24H2,1-2,4,6-9H3/b18-10-,21-17-,26-22+,27-23+,29-11+,31-13+,32-28-. The molecule has 0 atom stereocenters. The highest BCUT2D eigenvalue weighted by Crippen LogP contribution is 2.24. The van der Waals surface area contributed by atoms with Gasteiger partial charge < -0.3 is 4.90 Å². The van der Waals surface area contributed by atoms with Crippen LogP contribution in [0.25, 0.3) is 5.57 Å². The van der Waals surface area contributed by atoms with Crippen molar-refractivity contribution in [3.63, 3.8) is 0 Å². The Morgan fingerprint density at radius 1 is 0.879 bits per heavy atom. The Labute approximate surface area is 202 Å². The van der Waals surface area contributed by atoms with Crippen LogP contribution in [0.3, 0.4) is 0 Å². The van der Waals surface area contributed by atoms with Crippen LogP contribution in [0, 0.1) is 0 Å². The zero-order valence-electron chi connectivity index (χ0n) is 21.7. The van der Waals surface area contributed by atoms with Gasteiger partial charge in [0.05, 0.1) is 0 Å². The maximum absolute atomic E-state index is 4.06. The van der Waals surface area contributed by atoms with Crippen LogP contribution < -0.4 is 0 Å². The van der Waals surface area contributed by atoms with Crippen molar-refractivity contribution < 1.29 is 0 Å². The van der Waals surface area contributed by atoms with Gasteiger partial charge >= 0.3 is 0 Å². The lowest BCUT2D eigenvalue weighted by atomic mass is 10.0. The molecule has 0 bridgehead atoms. The van der Waals surface area contributed by atoms with Gasteiger partial charge in [-0.3, -0.25) is 0 Å². The molecule has 1 aromatic carbocycles. The van der Waals surface area contributed by atoms with Gasteiger partial charge in [-0.05, 0) is 88.5 Å². The molecule has 0 saturated carbocycles. The second kappa shape index (κ2) is 14.7. The molecule has 0 spiro atoms. The minimum absolute atomic E-state index is 0.737. The monoisotopic (exact) mass is 439 g/mol. The van der Waals surface area contributed by atoms with Gasteiger partial charge in [-0.1, -0.05) is 91.6 Å². The van der Waals surface area contributed by atoms with Crippen LogP contribution in [0.5, 0.6) is 0 Å². The molecule has 0 amide bonds. The van der Waals surface area contributed by atoms with E-state index in [0.717, 1.165) is 23.5 Å². The highest BCUT2D eigenvalue weighted by Gasteiger charge is 2.13. The third-order valence-electron chi connectivity index (χ3n) is 5.67. The number of hydrogen-bond donors (Lipinski definition) is 0. The molecule has 174 valence electrons. The van der Waals surface area contributed by atoms with Crippen LogP contribution >= 0.6 is 0 Å². The number of hydrogen-bond acceptors (Lipinski definition) is 1. The van der Waals surface area contributed by atoms with E-state index in [2.05, 4.69) is 132 Å². The Morgan fingerprint density at radius 2 is 1.52 bits per heavy atom. The van der Waals surface area contributed by atoms with E-state index >= 15 is 0 Å². The van der Waals surface area contributed by atoms with Crippen molar-refractivity contribution in [2.45, 2.75) is 48.5 Å². The molecule has 1 rings (SSSR count). The summed E-state index contributed by atoms with van der Waals surface area (Å²) in [5.41, 5.74) is 9.38. The highest BCUT2D eigenvalue weighted by molar-refractivity contribution is 5.73. The van der Waals surface area contributed by atoms with Crippen molar-refractivity contribution in [2.75, 3.05) is 6.54 Å². The summed E-state index contributed by atoms with van der Waals surface area (Å²) in [4.78, 5) is 2.31. The fourth-order valence-electron chi connectivity index (χ4n) is 3.30. The lowest BCUT2D eigenvalue weighted by Crippen LogP contribution is -2.22. The van der Waals surface area contributed by atoms with E-state index < -0.39 is 0 Å². The summed E-state index contributed by atoms with van der Waals surface area (Å²) in [7, 11) is 0. The van der Waals surface area contributed by atoms with E-state index in [1.165, 1.54) is 27.9 Å². The van der Waals surface area contributed by atoms with Crippen molar-refractivity contribution in [3.8, 4) is 0 Å². The molecular formula is C32H41N. The average molecular weight is 440 g/mol.